The van der Waals surface area contributed by atoms with Crippen molar-refractivity contribution in [2.45, 2.75) is 138 Å². The molecule has 0 spiro atoms. The quantitative estimate of drug-likeness (QED) is 0.133. The highest BCUT2D eigenvalue weighted by molar-refractivity contribution is 6.06. The minimum atomic E-state index is 1.32. The summed E-state index contributed by atoms with van der Waals surface area (Å²) in [6, 6.07) is 83.2. The van der Waals surface area contributed by atoms with E-state index in [0.29, 0.717) is 0 Å². The predicted octanol–water partition coefficient (Wildman–Crippen LogP) is 27.0. The van der Waals surface area contributed by atoms with Crippen molar-refractivity contribution in [3.05, 3.63) is 286 Å². The Bertz CT molecular complexity index is 4120. The van der Waals surface area contributed by atoms with Crippen LogP contribution in [0.5, 0.6) is 0 Å². The molecule has 0 aromatic heterocycles. The van der Waals surface area contributed by atoms with E-state index in [1.54, 1.807) is 0 Å². The fourth-order valence-electron chi connectivity index (χ4n) is 11.1. The van der Waals surface area contributed by atoms with Crippen LogP contribution in [-0.4, -0.2) is 0 Å². The average Bonchev–Trinajstić information content (AvgIpc) is 1.96. The minimum absolute atomic E-state index is 1.32. The van der Waals surface area contributed by atoms with Gasteiger partial charge in [-0.05, 0) is 230 Å². The van der Waals surface area contributed by atoms with Gasteiger partial charge in [-0.1, -0.05) is 292 Å². The lowest BCUT2D eigenvalue weighted by molar-refractivity contribution is 1.47. The first-order chi connectivity index (χ1) is 41.8. The van der Waals surface area contributed by atoms with Gasteiger partial charge < -0.3 is 0 Å². The Morgan fingerprint density at radius 3 is 0.779 bits per heavy atom. The van der Waals surface area contributed by atoms with Crippen LogP contribution in [0, 0.1) is 69.2 Å². The molecule has 0 saturated carbocycles. The van der Waals surface area contributed by atoms with Gasteiger partial charge in [-0.25, -0.2) is 0 Å². The van der Waals surface area contributed by atoms with Gasteiger partial charge >= 0.3 is 0 Å². The Kier molecular flexibility index (Phi) is 26.8. The van der Waals surface area contributed by atoms with E-state index in [0.717, 1.165) is 0 Å². The van der Waals surface area contributed by atoms with Crippen molar-refractivity contribution in [3.63, 3.8) is 0 Å². The van der Waals surface area contributed by atoms with Crippen molar-refractivity contribution < 1.29 is 0 Å². The second-order valence-electron chi connectivity index (χ2n) is 21.1. The molecule has 0 heterocycles. The van der Waals surface area contributed by atoms with Gasteiger partial charge in [0.05, 0.1) is 0 Å². The van der Waals surface area contributed by atoms with Gasteiger partial charge in [0.2, 0.25) is 0 Å². The van der Waals surface area contributed by atoms with Crippen molar-refractivity contribution in [3.8, 4) is 0 Å². The fourth-order valence-corrected chi connectivity index (χ4v) is 11.1. The lowest BCUT2D eigenvalue weighted by atomic mass is 9.93. The molecule has 0 fully saturated rings. The molecule has 0 nitrogen and oxygen atoms in total. The number of hydrogen-bond donors (Lipinski definition) is 0. The smallest absolute Gasteiger partial charge is 0.0146 e. The van der Waals surface area contributed by atoms with E-state index in [1.165, 1.54) is 153 Å². The fraction of sp³-hybridized carbons (Fsp3) is 0.233. The Labute approximate surface area is 518 Å². The van der Waals surface area contributed by atoms with Gasteiger partial charge in [-0.3, -0.25) is 0 Å². The molecule has 0 heteroatoms. The molecular weight excluding hydrogens is 1030 g/mol. The van der Waals surface area contributed by atoms with Gasteiger partial charge in [-0.2, -0.15) is 0 Å². The van der Waals surface area contributed by atoms with E-state index in [-0.39, 0.29) is 0 Å². The molecule has 0 radical (unpaired) electrons. The molecule has 0 aliphatic heterocycles. The van der Waals surface area contributed by atoms with Crippen LogP contribution in [0.25, 0.3) is 97.0 Å². The zero-order chi connectivity index (χ0) is 63.0. The minimum Gasteiger partial charge on any atom is -0.0683 e. The van der Waals surface area contributed by atoms with Gasteiger partial charge in [-0.15, -0.1) is 0 Å². The van der Waals surface area contributed by atoms with Crippen LogP contribution in [0.3, 0.4) is 0 Å². The predicted molar refractivity (Wildman–Crippen MR) is 394 cm³/mol. The van der Waals surface area contributed by atoms with Gasteiger partial charge in [0, 0.05) is 0 Å². The third kappa shape index (κ3) is 16.6. The van der Waals surface area contributed by atoms with E-state index >= 15 is 0 Å². The summed E-state index contributed by atoms with van der Waals surface area (Å²) in [4.78, 5) is 0. The summed E-state index contributed by atoms with van der Waals surface area (Å²) in [5, 5.41) is 24.3. The lowest BCUT2D eigenvalue weighted by Crippen LogP contribution is -1.87. The monoisotopic (exact) mass is 1130 g/mol. The van der Waals surface area contributed by atoms with Crippen LogP contribution in [-0.2, 0) is 0 Å². The summed E-state index contributed by atoms with van der Waals surface area (Å²) in [6.07, 6.45) is 0. The highest BCUT2D eigenvalue weighted by Gasteiger charge is 2.08. The second kappa shape index (κ2) is 33.8. The molecule has 0 bridgehead atoms. The molecule has 0 amide bonds. The maximum Gasteiger partial charge on any atom is -0.0146 e. The van der Waals surface area contributed by atoms with Gasteiger partial charge in [0.15, 0.2) is 0 Å². The molecule has 14 aromatic carbocycles. The average molecular weight is 1130 g/mol. The summed E-state index contributed by atoms with van der Waals surface area (Å²) < 4.78 is 0. The number of fused-ring (bicyclic) bond motifs is 9. The van der Waals surface area contributed by atoms with Crippen molar-refractivity contribution in [2.24, 2.45) is 0 Å². The summed E-state index contributed by atoms with van der Waals surface area (Å²) in [7, 11) is 0. The zero-order valence-electron chi connectivity index (χ0n) is 55.9. The third-order valence-electron chi connectivity index (χ3n) is 15.4. The maximum absolute atomic E-state index is 2.30. The summed E-state index contributed by atoms with van der Waals surface area (Å²) in [5.74, 6) is 0. The van der Waals surface area contributed by atoms with Crippen LogP contribution >= 0.6 is 0 Å². The SMILES string of the molecule is CC.CC.CC.CC.CC.Cc1c2ccccc2c(C)c2ccccc12.Cc1ccc(C)c2cc3ccccc3cc12.Cc1ccc2cc3cc(C)ccc3cc2c1.Cc1ccc2ccc(C)cc2c1.Cc1cccc2c(C)c3ccccc3cc12. The van der Waals surface area contributed by atoms with Crippen molar-refractivity contribution >= 4 is 97.0 Å². The lowest BCUT2D eigenvalue weighted by Gasteiger charge is -2.11. The van der Waals surface area contributed by atoms with Crippen LogP contribution in [0.2, 0.25) is 0 Å². The highest BCUT2D eigenvalue weighted by Crippen LogP contribution is 2.33. The first-order valence-corrected chi connectivity index (χ1v) is 31.8. The number of benzene rings is 14. The van der Waals surface area contributed by atoms with Gasteiger partial charge in [0.1, 0.15) is 0 Å². The van der Waals surface area contributed by atoms with E-state index < -0.39 is 0 Å². The molecule has 0 aliphatic rings. The molecular formula is C86H98. The van der Waals surface area contributed by atoms with Crippen molar-refractivity contribution in [1.82, 2.24) is 0 Å². The molecule has 86 heavy (non-hydrogen) atoms. The maximum atomic E-state index is 2.30. The first kappa shape index (κ1) is 68.2. The van der Waals surface area contributed by atoms with Crippen LogP contribution < -0.4 is 0 Å². The molecule has 0 unspecified atom stereocenters. The zero-order valence-corrected chi connectivity index (χ0v) is 55.9. The van der Waals surface area contributed by atoms with E-state index in [2.05, 4.69) is 300 Å². The second-order valence-corrected chi connectivity index (χ2v) is 21.1. The van der Waals surface area contributed by atoms with E-state index in [4.69, 9.17) is 0 Å². The van der Waals surface area contributed by atoms with Crippen LogP contribution in [0.1, 0.15) is 125 Å². The Morgan fingerprint density at radius 1 is 0.151 bits per heavy atom. The first-order valence-electron chi connectivity index (χ1n) is 31.8. The standard InChI is InChI=1S/4C16H14.C12H12.5C2H6/c1-11-3-5-13-10-16-8-12(2)4-6-14(16)9-15(13)7-11;1-11-13-7-3-5-9-15(13)12(2)16-10-6-4-8-14(11)16;1-11-6-5-9-15-12(2)14-8-4-3-7-13(14)10-16(11)15;1-11-7-8-12(2)16-10-14-6-4-3-5-13(14)9-15(11)16;1-9-3-5-11-6-4-10(2)8-12(11)7-9;5*1-2/h4*3-10H,1-2H3;3-8H,1-2H3;5*1-2H3. The molecule has 14 aromatic rings. The van der Waals surface area contributed by atoms with E-state index in [9.17, 15) is 0 Å². The summed E-state index contributed by atoms with van der Waals surface area (Å²) >= 11 is 0. The number of aryl methyl sites for hydroxylation is 10. The summed E-state index contributed by atoms with van der Waals surface area (Å²) in [6.45, 7) is 41.7. The summed E-state index contributed by atoms with van der Waals surface area (Å²) in [5.41, 5.74) is 13.5. The topological polar surface area (TPSA) is 0 Å². The van der Waals surface area contributed by atoms with Crippen LogP contribution in [0.4, 0.5) is 0 Å². The normalized spacial score (nSPS) is 10.1. The van der Waals surface area contributed by atoms with E-state index in [1.807, 2.05) is 69.2 Å². The molecule has 0 N–H and O–H groups in total. The number of hydrogen-bond acceptors (Lipinski definition) is 0. The van der Waals surface area contributed by atoms with Crippen molar-refractivity contribution in [1.29, 1.82) is 0 Å². The van der Waals surface area contributed by atoms with Gasteiger partial charge in [0.25, 0.3) is 0 Å². The Balaban J connectivity index is 0.000000190. The van der Waals surface area contributed by atoms with Crippen LogP contribution in [0.15, 0.2) is 231 Å². The largest absolute Gasteiger partial charge is 0.0683 e. The molecule has 0 atom stereocenters. The molecule has 14 rings (SSSR count). The molecule has 0 aliphatic carbocycles. The Hall–Kier alpha value is -8.58. The highest BCUT2D eigenvalue weighted by atomic mass is 14.1. The van der Waals surface area contributed by atoms with Crippen molar-refractivity contribution in [2.75, 3.05) is 0 Å². The Morgan fingerprint density at radius 2 is 0.395 bits per heavy atom. The number of rotatable bonds is 0. The molecule has 442 valence electrons. The third-order valence-corrected chi connectivity index (χ3v) is 15.4. The molecule has 0 saturated heterocycles.